The molecule has 0 unspecified atom stereocenters. The Morgan fingerprint density at radius 3 is 2.52 bits per heavy atom. The molecule has 0 spiro atoms. The zero-order valence-corrected chi connectivity index (χ0v) is 22.0. The summed E-state index contributed by atoms with van der Waals surface area (Å²) in [5.74, 6) is 0.775. The Morgan fingerprint density at radius 2 is 1.85 bits per heavy atom. The number of carbonyl (C=O) groups excluding carboxylic acids is 1. The van der Waals surface area contributed by atoms with E-state index in [0.29, 0.717) is 5.92 Å². The fourth-order valence-electron chi connectivity index (χ4n) is 2.67. The molecule has 1 aromatic heterocycles. The molecule has 0 fully saturated rings. The van der Waals surface area contributed by atoms with Crippen molar-refractivity contribution in [3.05, 3.63) is 58.1 Å². The van der Waals surface area contributed by atoms with Gasteiger partial charge in [-0.15, -0.1) is 10.2 Å². The highest BCUT2D eigenvalue weighted by atomic mass is 35.5. The van der Waals surface area contributed by atoms with Crippen molar-refractivity contribution in [2.45, 2.75) is 30.0 Å². The second-order valence-electron chi connectivity index (χ2n) is 7.52. The molecule has 1 amide bonds. The number of aromatic nitrogens is 2. The van der Waals surface area contributed by atoms with Crippen LogP contribution in [0.25, 0.3) is 0 Å². The van der Waals surface area contributed by atoms with Crippen molar-refractivity contribution >= 4 is 73.0 Å². The van der Waals surface area contributed by atoms with E-state index in [-0.39, 0.29) is 25.8 Å². The van der Waals surface area contributed by atoms with Crippen molar-refractivity contribution in [2.75, 3.05) is 21.9 Å². The number of halogens is 2. The quantitative estimate of drug-likeness (QED) is 0.273. The highest BCUT2D eigenvalue weighted by molar-refractivity contribution is 8.01. The van der Waals surface area contributed by atoms with Gasteiger partial charge in [0.05, 0.1) is 20.6 Å². The van der Waals surface area contributed by atoms with Gasteiger partial charge < -0.3 is 0 Å². The lowest BCUT2D eigenvalue weighted by Gasteiger charge is -2.25. The van der Waals surface area contributed by atoms with Crippen LogP contribution in [-0.4, -0.2) is 36.8 Å². The summed E-state index contributed by atoms with van der Waals surface area (Å²) >= 11 is 15.2. The second kappa shape index (κ2) is 11.1. The predicted molar refractivity (Wildman–Crippen MR) is 136 cm³/mol. The summed E-state index contributed by atoms with van der Waals surface area (Å²) in [5, 5.41) is 11.2. The van der Waals surface area contributed by atoms with Crippen LogP contribution >= 0.6 is 46.3 Å². The molecular weight excluding hydrogens is 523 g/mol. The average molecular weight is 546 g/mol. The van der Waals surface area contributed by atoms with Gasteiger partial charge in [-0.1, -0.05) is 83.9 Å². The van der Waals surface area contributed by atoms with E-state index in [1.807, 2.05) is 6.92 Å². The molecule has 0 aliphatic carbocycles. The molecule has 3 aromatic rings. The third-order valence-corrected chi connectivity index (χ3v) is 9.27. The average Bonchev–Trinajstić information content (AvgIpc) is 3.20. The first kappa shape index (κ1) is 25.8. The van der Waals surface area contributed by atoms with Gasteiger partial charge >= 0.3 is 0 Å². The number of thioether (sulfide) groups is 1. The molecule has 176 valence electrons. The smallest absolute Gasteiger partial charge is 0.264 e. The van der Waals surface area contributed by atoms with Crippen molar-refractivity contribution in [1.29, 1.82) is 0 Å². The zero-order valence-electron chi connectivity index (χ0n) is 18.1. The highest BCUT2D eigenvalue weighted by Gasteiger charge is 2.29. The third-order valence-electron chi connectivity index (χ3n) is 4.29. The molecule has 0 bridgehead atoms. The molecule has 0 saturated heterocycles. The predicted octanol–water partition coefficient (Wildman–Crippen LogP) is 5.74. The standard InChI is InChI=1S/C21H22Cl2N4O3S3/c1-13(2)12-31-21-26-25-20(32-21)24-18(28)11-27(17-6-4-5-16(22)19(17)23)33(29,30)15-9-7-14(3)8-10-15/h4-10,13H,11-12H2,1-3H3,(H,24,25,28). The van der Waals surface area contributed by atoms with E-state index in [0.717, 1.165) is 20.0 Å². The lowest BCUT2D eigenvalue weighted by atomic mass is 10.2. The number of benzene rings is 2. The lowest BCUT2D eigenvalue weighted by Crippen LogP contribution is -2.38. The molecule has 0 aliphatic rings. The van der Waals surface area contributed by atoms with E-state index < -0.39 is 22.5 Å². The molecule has 0 atom stereocenters. The molecule has 3 rings (SSSR count). The van der Waals surface area contributed by atoms with E-state index in [4.69, 9.17) is 23.2 Å². The Labute approximate surface area is 211 Å². The number of amides is 1. The summed E-state index contributed by atoms with van der Waals surface area (Å²) < 4.78 is 28.6. The highest BCUT2D eigenvalue weighted by Crippen LogP contribution is 2.35. The first-order valence-corrected chi connectivity index (χ1v) is 13.9. The van der Waals surface area contributed by atoms with Gasteiger partial charge in [0.25, 0.3) is 10.0 Å². The van der Waals surface area contributed by atoms with Crippen LogP contribution in [0.5, 0.6) is 0 Å². The van der Waals surface area contributed by atoms with Gasteiger partial charge in [0.15, 0.2) is 4.34 Å². The third kappa shape index (κ3) is 6.60. The fraction of sp³-hybridized carbons (Fsp3) is 0.286. The summed E-state index contributed by atoms with van der Waals surface area (Å²) in [7, 11) is -4.12. The van der Waals surface area contributed by atoms with Crippen LogP contribution in [0.1, 0.15) is 19.4 Å². The maximum absolute atomic E-state index is 13.5. The molecule has 12 heteroatoms. The van der Waals surface area contributed by atoms with E-state index in [1.165, 1.54) is 29.5 Å². The minimum atomic E-state index is -4.12. The maximum Gasteiger partial charge on any atom is 0.264 e. The van der Waals surface area contributed by atoms with Crippen molar-refractivity contribution in [3.63, 3.8) is 0 Å². The molecule has 1 heterocycles. The summed E-state index contributed by atoms with van der Waals surface area (Å²) in [6.45, 7) is 5.52. The molecule has 1 N–H and O–H groups in total. The summed E-state index contributed by atoms with van der Waals surface area (Å²) in [5.41, 5.74) is 1.01. The number of aryl methyl sites for hydroxylation is 1. The van der Waals surface area contributed by atoms with Gasteiger partial charge in [0.1, 0.15) is 6.54 Å². The van der Waals surface area contributed by atoms with Gasteiger partial charge in [-0.25, -0.2) is 8.42 Å². The number of carbonyl (C=O) groups is 1. The van der Waals surface area contributed by atoms with Crippen LogP contribution in [0.15, 0.2) is 51.7 Å². The van der Waals surface area contributed by atoms with Gasteiger partial charge in [0.2, 0.25) is 11.0 Å². The monoisotopic (exact) mass is 544 g/mol. The number of nitrogens with one attached hydrogen (secondary N) is 1. The van der Waals surface area contributed by atoms with Crippen LogP contribution in [-0.2, 0) is 14.8 Å². The summed E-state index contributed by atoms with van der Waals surface area (Å²) in [6, 6.07) is 10.9. The van der Waals surface area contributed by atoms with Crippen LogP contribution in [0.3, 0.4) is 0 Å². The van der Waals surface area contributed by atoms with Gasteiger partial charge in [0, 0.05) is 5.75 Å². The Balaban J connectivity index is 1.88. The number of sulfonamides is 1. The molecule has 7 nitrogen and oxygen atoms in total. The summed E-state index contributed by atoms with van der Waals surface area (Å²) in [4.78, 5) is 12.9. The molecule has 0 saturated carbocycles. The van der Waals surface area contributed by atoms with Crippen LogP contribution in [0.4, 0.5) is 10.8 Å². The van der Waals surface area contributed by atoms with E-state index in [1.54, 1.807) is 36.0 Å². The SMILES string of the molecule is Cc1ccc(S(=O)(=O)N(CC(=O)Nc2nnc(SCC(C)C)s2)c2cccc(Cl)c2Cl)cc1. The van der Waals surface area contributed by atoms with Crippen molar-refractivity contribution in [2.24, 2.45) is 5.92 Å². The van der Waals surface area contributed by atoms with Crippen molar-refractivity contribution < 1.29 is 13.2 Å². The first-order chi connectivity index (χ1) is 15.6. The van der Waals surface area contributed by atoms with Crippen molar-refractivity contribution in [3.8, 4) is 0 Å². The Morgan fingerprint density at radius 1 is 1.15 bits per heavy atom. The van der Waals surface area contributed by atoms with Crippen LogP contribution in [0.2, 0.25) is 10.0 Å². The first-order valence-electron chi connectivity index (χ1n) is 9.87. The minimum Gasteiger partial charge on any atom is -0.299 e. The Bertz CT molecular complexity index is 1230. The van der Waals surface area contributed by atoms with E-state index >= 15 is 0 Å². The summed E-state index contributed by atoms with van der Waals surface area (Å²) in [6.07, 6.45) is 0. The maximum atomic E-state index is 13.5. The largest absolute Gasteiger partial charge is 0.299 e. The molecule has 0 radical (unpaired) electrons. The number of hydrogen-bond donors (Lipinski definition) is 1. The molecular formula is C21H22Cl2N4O3S3. The van der Waals surface area contributed by atoms with Crippen LogP contribution < -0.4 is 9.62 Å². The number of anilines is 2. The lowest BCUT2D eigenvalue weighted by molar-refractivity contribution is -0.114. The second-order valence-corrected chi connectivity index (χ2v) is 12.4. The Kier molecular flexibility index (Phi) is 8.63. The molecule has 0 aliphatic heterocycles. The van der Waals surface area contributed by atoms with Crippen LogP contribution in [0, 0.1) is 12.8 Å². The normalized spacial score (nSPS) is 11.6. The molecule has 33 heavy (non-hydrogen) atoms. The number of rotatable bonds is 9. The van der Waals surface area contributed by atoms with Gasteiger partial charge in [-0.3, -0.25) is 14.4 Å². The Hall–Kier alpha value is -1.85. The topological polar surface area (TPSA) is 92.3 Å². The van der Waals surface area contributed by atoms with Gasteiger partial charge in [-0.05, 0) is 37.1 Å². The van der Waals surface area contributed by atoms with Gasteiger partial charge in [-0.2, -0.15) is 0 Å². The van der Waals surface area contributed by atoms with E-state index in [2.05, 4.69) is 29.4 Å². The zero-order chi connectivity index (χ0) is 24.2. The van der Waals surface area contributed by atoms with Crippen molar-refractivity contribution in [1.82, 2.24) is 10.2 Å². The molecule has 2 aromatic carbocycles. The number of hydrogen-bond acceptors (Lipinski definition) is 7. The fourth-order valence-corrected chi connectivity index (χ4v) is 6.29. The minimum absolute atomic E-state index is 0.0280. The number of nitrogens with zero attached hydrogens (tertiary/aromatic N) is 3. The van der Waals surface area contributed by atoms with E-state index in [9.17, 15) is 13.2 Å².